The second-order valence-corrected chi connectivity index (χ2v) is 6.68. The van der Waals surface area contributed by atoms with Crippen LogP contribution in [0.5, 0.6) is 0 Å². The van der Waals surface area contributed by atoms with Gasteiger partial charge in [0.1, 0.15) is 0 Å². The summed E-state index contributed by atoms with van der Waals surface area (Å²) in [6.07, 6.45) is 6.90. The summed E-state index contributed by atoms with van der Waals surface area (Å²) < 4.78 is 1.74. The number of aromatic nitrogens is 3. The standard InChI is InChI=1S/C19H27N5O/c1-16(17-9-5-4-6-10-17)24-15-18(21-22-24)19(25)20-11-14-23-12-7-2-3-8-13-23/h4-6,9-10,15-16H,2-3,7-8,11-14H2,1H3,(H,20,25)/t16-/m0/s1. The number of hydrogen-bond donors (Lipinski definition) is 1. The Kier molecular flexibility index (Phi) is 6.17. The Morgan fingerprint density at radius 2 is 1.88 bits per heavy atom. The van der Waals surface area contributed by atoms with E-state index in [-0.39, 0.29) is 11.9 Å². The molecule has 3 rings (SSSR count). The van der Waals surface area contributed by atoms with Crippen molar-refractivity contribution in [2.45, 2.75) is 38.6 Å². The second-order valence-electron chi connectivity index (χ2n) is 6.68. The lowest BCUT2D eigenvalue weighted by molar-refractivity contribution is 0.0943. The highest BCUT2D eigenvalue weighted by atomic mass is 16.2. The van der Waals surface area contributed by atoms with E-state index in [0.29, 0.717) is 12.2 Å². The van der Waals surface area contributed by atoms with Gasteiger partial charge in [0.25, 0.3) is 5.91 Å². The molecule has 1 fully saturated rings. The molecule has 1 aliphatic heterocycles. The Balaban J connectivity index is 1.50. The van der Waals surface area contributed by atoms with Crippen molar-refractivity contribution in [1.82, 2.24) is 25.2 Å². The van der Waals surface area contributed by atoms with Crippen molar-refractivity contribution >= 4 is 5.91 Å². The van der Waals surface area contributed by atoms with Crippen molar-refractivity contribution in [1.29, 1.82) is 0 Å². The first kappa shape index (κ1) is 17.6. The zero-order valence-electron chi connectivity index (χ0n) is 14.9. The van der Waals surface area contributed by atoms with Gasteiger partial charge in [-0.25, -0.2) is 4.68 Å². The number of rotatable bonds is 6. The number of likely N-dealkylation sites (tertiary alicyclic amines) is 1. The Morgan fingerprint density at radius 1 is 1.16 bits per heavy atom. The molecule has 0 saturated carbocycles. The molecule has 1 atom stereocenters. The van der Waals surface area contributed by atoms with Gasteiger partial charge in [-0.05, 0) is 38.4 Å². The first-order chi connectivity index (χ1) is 12.2. The van der Waals surface area contributed by atoms with Gasteiger partial charge in [0.15, 0.2) is 5.69 Å². The highest BCUT2D eigenvalue weighted by Crippen LogP contribution is 2.16. The third kappa shape index (κ3) is 4.89. The Hall–Kier alpha value is -2.21. The zero-order valence-corrected chi connectivity index (χ0v) is 14.9. The van der Waals surface area contributed by atoms with E-state index in [1.165, 1.54) is 25.7 Å². The van der Waals surface area contributed by atoms with Crippen molar-refractivity contribution < 1.29 is 4.79 Å². The van der Waals surface area contributed by atoms with Gasteiger partial charge in [0, 0.05) is 13.1 Å². The predicted octanol–water partition coefficient (Wildman–Crippen LogP) is 2.49. The fourth-order valence-electron chi connectivity index (χ4n) is 3.23. The summed E-state index contributed by atoms with van der Waals surface area (Å²) in [6.45, 7) is 5.88. The normalized spacial score (nSPS) is 17.0. The first-order valence-electron chi connectivity index (χ1n) is 9.21. The molecule has 0 bridgehead atoms. The molecular formula is C19H27N5O. The molecule has 1 aromatic heterocycles. The molecule has 25 heavy (non-hydrogen) atoms. The van der Waals surface area contributed by atoms with Crippen molar-refractivity contribution in [3.63, 3.8) is 0 Å². The van der Waals surface area contributed by atoms with E-state index in [4.69, 9.17) is 0 Å². The van der Waals surface area contributed by atoms with Crippen LogP contribution in [0.15, 0.2) is 36.5 Å². The second kappa shape index (κ2) is 8.76. The van der Waals surface area contributed by atoms with Crippen LogP contribution in [-0.2, 0) is 0 Å². The van der Waals surface area contributed by atoms with E-state index < -0.39 is 0 Å². The van der Waals surface area contributed by atoms with Crippen LogP contribution in [0.2, 0.25) is 0 Å². The maximum atomic E-state index is 12.3. The first-order valence-corrected chi connectivity index (χ1v) is 9.21. The largest absolute Gasteiger partial charge is 0.349 e. The number of benzene rings is 1. The van der Waals surface area contributed by atoms with Crippen LogP contribution in [0.25, 0.3) is 0 Å². The molecule has 1 amide bonds. The van der Waals surface area contributed by atoms with E-state index in [1.807, 2.05) is 37.3 Å². The number of carbonyl (C=O) groups excluding carboxylic acids is 1. The van der Waals surface area contributed by atoms with Gasteiger partial charge in [-0.1, -0.05) is 48.4 Å². The van der Waals surface area contributed by atoms with Gasteiger partial charge in [-0.15, -0.1) is 5.10 Å². The zero-order chi connectivity index (χ0) is 17.5. The van der Waals surface area contributed by atoms with E-state index >= 15 is 0 Å². The molecule has 0 spiro atoms. The monoisotopic (exact) mass is 341 g/mol. The molecule has 2 heterocycles. The van der Waals surface area contributed by atoms with Gasteiger partial charge in [0.05, 0.1) is 12.2 Å². The van der Waals surface area contributed by atoms with Crippen LogP contribution >= 0.6 is 0 Å². The van der Waals surface area contributed by atoms with Crippen molar-refractivity contribution in [3.05, 3.63) is 47.8 Å². The highest BCUT2D eigenvalue weighted by molar-refractivity contribution is 5.91. The molecule has 1 N–H and O–H groups in total. The smallest absolute Gasteiger partial charge is 0.273 e. The van der Waals surface area contributed by atoms with E-state index in [2.05, 4.69) is 20.5 Å². The van der Waals surface area contributed by atoms with Crippen molar-refractivity contribution in [3.8, 4) is 0 Å². The maximum absolute atomic E-state index is 12.3. The quantitative estimate of drug-likeness (QED) is 0.877. The molecule has 6 nitrogen and oxygen atoms in total. The van der Waals surface area contributed by atoms with Crippen LogP contribution < -0.4 is 5.32 Å². The third-order valence-electron chi connectivity index (χ3n) is 4.83. The molecule has 1 aliphatic rings. The summed E-state index contributed by atoms with van der Waals surface area (Å²) in [5.74, 6) is -0.152. The minimum Gasteiger partial charge on any atom is -0.349 e. The van der Waals surface area contributed by atoms with Crippen LogP contribution in [0, 0.1) is 0 Å². The minimum atomic E-state index is -0.152. The predicted molar refractivity (Wildman–Crippen MR) is 97.5 cm³/mol. The molecule has 1 aromatic carbocycles. The molecule has 0 radical (unpaired) electrons. The van der Waals surface area contributed by atoms with E-state index in [9.17, 15) is 4.79 Å². The number of carbonyl (C=O) groups is 1. The van der Waals surface area contributed by atoms with E-state index in [0.717, 1.165) is 25.2 Å². The van der Waals surface area contributed by atoms with Crippen LogP contribution in [0.4, 0.5) is 0 Å². The summed E-state index contributed by atoms with van der Waals surface area (Å²) >= 11 is 0. The summed E-state index contributed by atoms with van der Waals surface area (Å²) in [4.78, 5) is 14.7. The van der Waals surface area contributed by atoms with Crippen molar-refractivity contribution in [2.75, 3.05) is 26.2 Å². The SMILES string of the molecule is C[C@@H](c1ccccc1)n1cc(C(=O)NCCN2CCCCCC2)nn1. The molecule has 6 heteroatoms. The lowest BCUT2D eigenvalue weighted by Gasteiger charge is -2.19. The Morgan fingerprint density at radius 3 is 2.60 bits per heavy atom. The van der Waals surface area contributed by atoms with Crippen LogP contribution in [0.1, 0.15) is 54.7 Å². The van der Waals surface area contributed by atoms with Gasteiger partial charge in [-0.2, -0.15) is 0 Å². The molecule has 134 valence electrons. The molecule has 1 saturated heterocycles. The molecular weight excluding hydrogens is 314 g/mol. The number of nitrogens with one attached hydrogen (secondary N) is 1. The Bertz CT molecular complexity index is 661. The van der Waals surface area contributed by atoms with Crippen LogP contribution in [0.3, 0.4) is 0 Å². The fourth-order valence-corrected chi connectivity index (χ4v) is 3.23. The summed E-state index contributed by atoms with van der Waals surface area (Å²) in [7, 11) is 0. The lowest BCUT2D eigenvalue weighted by atomic mass is 10.1. The third-order valence-corrected chi connectivity index (χ3v) is 4.83. The van der Waals surface area contributed by atoms with Gasteiger partial charge < -0.3 is 10.2 Å². The van der Waals surface area contributed by atoms with Gasteiger partial charge in [-0.3, -0.25) is 4.79 Å². The molecule has 2 aromatic rings. The van der Waals surface area contributed by atoms with E-state index in [1.54, 1.807) is 10.9 Å². The molecule has 0 unspecified atom stereocenters. The van der Waals surface area contributed by atoms with Crippen molar-refractivity contribution in [2.24, 2.45) is 0 Å². The Labute approximate surface area is 149 Å². The summed E-state index contributed by atoms with van der Waals surface area (Å²) in [6, 6.07) is 10.1. The van der Waals surface area contributed by atoms with Gasteiger partial charge in [0.2, 0.25) is 0 Å². The molecule has 0 aliphatic carbocycles. The number of nitrogens with zero attached hydrogens (tertiary/aromatic N) is 4. The highest BCUT2D eigenvalue weighted by Gasteiger charge is 2.15. The summed E-state index contributed by atoms with van der Waals surface area (Å²) in [5.41, 5.74) is 1.51. The average molecular weight is 341 g/mol. The van der Waals surface area contributed by atoms with Gasteiger partial charge >= 0.3 is 0 Å². The number of amides is 1. The summed E-state index contributed by atoms with van der Waals surface area (Å²) in [5, 5.41) is 11.1. The lowest BCUT2D eigenvalue weighted by Crippen LogP contribution is -2.35. The average Bonchev–Trinajstić information content (AvgIpc) is 3.00. The maximum Gasteiger partial charge on any atom is 0.273 e. The topological polar surface area (TPSA) is 63.1 Å². The minimum absolute atomic E-state index is 0.0485. The fraction of sp³-hybridized carbons (Fsp3) is 0.526. The van der Waals surface area contributed by atoms with Crippen LogP contribution in [-0.4, -0.2) is 52.0 Å². The number of hydrogen-bond acceptors (Lipinski definition) is 4.